The van der Waals surface area contributed by atoms with Crippen LogP contribution in [0.1, 0.15) is 13.8 Å². The van der Waals surface area contributed by atoms with Gasteiger partial charge in [-0.3, -0.25) is 0 Å². The average molecular weight is 174 g/mol. The summed E-state index contributed by atoms with van der Waals surface area (Å²) in [4.78, 5) is 12.8. The van der Waals surface area contributed by atoms with Gasteiger partial charge in [0.1, 0.15) is 0 Å². The third-order valence-corrected chi connectivity index (χ3v) is 1.39. The van der Waals surface area contributed by atoms with Crippen LogP contribution in [0.25, 0.3) is 0 Å². The third-order valence-electron chi connectivity index (χ3n) is 1.39. The molecule has 0 aliphatic heterocycles. The molecule has 1 N–H and O–H groups in total. The number of rotatable bonds is 4. The van der Waals surface area contributed by atoms with Crippen molar-refractivity contribution in [3.05, 3.63) is 0 Å². The fourth-order valence-electron chi connectivity index (χ4n) is 0.687. The van der Waals surface area contributed by atoms with Gasteiger partial charge in [0.15, 0.2) is 0 Å². The molecule has 4 nitrogen and oxygen atoms in total. The lowest BCUT2D eigenvalue weighted by Crippen LogP contribution is -2.42. The van der Waals surface area contributed by atoms with Gasteiger partial charge in [0.25, 0.3) is 0 Å². The van der Waals surface area contributed by atoms with Gasteiger partial charge in [0.05, 0.1) is 6.61 Å². The summed E-state index contributed by atoms with van der Waals surface area (Å²) in [6.45, 7) is 5.06. The molecular weight excluding hydrogens is 156 g/mol. The molecule has 2 amide bonds. The number of nitrogens with one attached hydrogen (secondary N) is 1. The molecule has 0 aliphatic rings. The second-order valence-electron chi connectivity index (χ2n) is 3.02. The molecule has 0 atom stereocenters. The van der Waals surface area contributed by atoms with Crippen LogP contribution in [0.3, 0.4) is 0 Å². The molecule has 0 aromatic heterocycles. The van der Waals surface area contributed by atoms with E-state index in [1.807, 2.05) is 13.8 Å². The van der Waals surface area contributed by atoms with Gasteiger partial charge in [0, 0.05) is 26.7 Å². The average Bonchev–Trinajstić information content (AvgIpc) is 1.98. The summed E-state index contributed by atoms with van der Waals surface area (Å²) in [7, 11) is 3.37. The van der Waals surface area contributed by atoms with E-state index in [2.05, 4.69) is 5.32 Å². The summed E-state index contributed by atoms with van der Waals surface area (Å²) < 4.78 is 4.85. The highest BCUT2D eigenvalue weighted by atomic mass is 16.5. The number of likely N-dealkylation sites (N-methyl/N-ethyl adjacent to an activating group) is 1. The Morgan fingerprint density at radius 1 is 1.58 bits per heavy atom. The number of carbonyl (C=O) groups excluding carboxylic acids is 1. The lowest BCUT2D eigenvalue weighted by molar-refractivity contribution is 0.158. The Morgan fingerprint density at radius 3 is 2.58 bits per heavy atom. The molecular formula is C8H18N2O2. The van der Waals surface area contributed by atoms with Gasteiger partial charge in [0.2, 0.25) is 0 Å². The number of urea groups is 1. The number of carbonyl (C=O) groups is 1. The van der Waals surface area contributed by atoms with Crippen LogP contribution in [0, 0.1) is 0 Å². The smallest absolute Gasteiger partial charge is 0.317 e. The normalized spacial score (nSPS) is 10.1. The molecule has 0 aromatic rings. The summed E-state index contributed by atoms with van der Waals surface area (Å²) in [6.07, 6.45) is 0. The van der Waals surface area contributed by atoms with Crippen molar-refractivity contribution < 1.29 is 9.53 Å². The number of hydrogen-bond acceptors (Lipinski definition) is 2. The SMILES string of the molecule is COCCN(C)C(=O)NC(C)C. The van der Waals surface area contributed by atoms with Gasteiger partial charge >= 0.3 is 6.03 Å². The van der Waals surface area contributed by atoms with Crippen molar-refractivity contribution in [3.8, 4) is 0 Å². The Bertz CT molecular complexity index is 137. The quantitative estimate of drug-likeness (QED) is 0.681. The molecule has 0 saturated carbocycles. The monoisotopic (exact) mass is 174 g/mol. The molecule has 0 fully saturated rings. The van der Waals surface area contributed by atoms with Gasteiger partial charge in [-0.15, -0.1) is 0 Å². The molecule has 72 valence electrons. The number of amides is 2. The summed E-state index contributed by atoms with van der Waals surface area (Å²) in [6, 6.07) is 0.129. The first-order chi connectivity index (χ1) is 5.57. The highest BCUT2D eigenvalue weighted by Gasteiger charge is 2.07. The summed E-state index contributed by atoms with van der Waals surface area (Å²) in [5, 5.41) is 2.78. The molecule has 0 rings (SSSR count). The Morgan fingerprint density at radius 2 is 2.17 bits per heavy atom. The van der Waals surface area contributed by atoms with Gasteiger partial charge < -0.3 is 15.0 Å². The number of ether oxygens (including phenoxy) is 1. The van der Waals surface area contributed by atoms with Crippen molar-refractivity contribution in [2.75, 3.05) is 27.3 Å². The molecule has 0 aliphatic carbocycles. The van der Waals surface area contributed by atoms with Crippen LogP contribution in [0.15, 0.2) is 0 Å². The van der Waals surface area contributed by atoms with E-state index in [4.69, 9.17) is 4.74 Å². The molecule has 0 bridgehead atoms. The molecule has 0 aromatic carbocycles. The van der Waals surface area contributed by atoms with E-state index in [0.29, 0.717) is 13.2 Å². The minimum atomic E-state index is -0.0537. The largest absolute Gasteiger partial charge is 0.383 e. The standard InChI is InChI=1S/C8H18N2O2/c1-7(2)9-8(11)10(3)5-6-12-4/h7H,5-6H2,1-4H3,(H,9,11). The van der Waals surface area contributed by atoms with Gasteiger partial charge in [-0.25, -0.2) is 4.79 Å². The van der Waals surface area contributed by atoms with Crippen LogP contribution < -0.4 is 5.32 Å². The first kappa shape index (κ1) is 11.2. The third kappa shape index (κ3) is 4.96. The van der Waals surface area contributed by atoms with Crippen molar-refractivity contribution in [1.29, 1.82) is 0 Å². The first-order valence-electron chi connectivity index (χ1n) is 4.08. The van der Waals surface area contributed by atoms with Crippen LogP contribution in [0.4, 0.5) is 4.79 Å². The highest BCUT2D eigenvalue weighted by Crippen LogP contribution is 1.86. The first-order valence-corrected chi connectivity index (χ1v) is 4.08. The maximum Gasteiger partial charge on any atom is 0.317 e. The Hall–Kier alpha value is -0.770. The topological polar surface area (TPSA) is 41.6 Å². The minimum Gasteiger partial charge on any atom is -0.383 e. The van der Waals surface area contributed by atoms with Crippen molar-refractivity contribution in [2.45, 2.75) is 19.9 Å². The second kappa shape index (κ2) is 5.83. The number of hydrogen-bond donors (Lipinski definition) is 1. The van der Waals surface area contributed by atoms with E-state index >= 15 is 0 Å². The van der Waals surface area contributed by atoms with Crippen molar-refractivity contribution in [2.24, 2.45) is 0 Å². The number of methoxy groups -OCH3 is 1. The van der Waals surface area contributed by atoms with Crippen LogP contribution in [-0.4, -0.2) is 44.3 Å². The molecule has 4 heteroatoms. The van der Waals surface area contributed by atoms with Crippen molar-refractivity contribution in [3.63, 3.8) is 0 Å². The fraction of sp³-hybridized carbons (Fsp3) is 0.875. The fourth-order valence-corrected chi connectivity index (χ4v) is 0.687. The molecule has 12 heavy (non-hydrogen) atoms. The maximum atomic E-state index is 11.2. The lowest BCUT2D eigenvalue weighted by Gasteiger charge is -2.18. The predicted molar refractivity (Wildman–Crippen MR) is 48.2 cm³/mol. The van der Waals surface area contributed by atoms with Crippen LogP contribution in [0.2, 0.25) is 0 Å². The van der Waals surface area contributed by atoms with Crippen LogP contribution in [-0.2, 0) is 4.74 Å². The van der Waals surface area contributed by atoms with E-state index in [9.17, 15) is 4.79 Å². The van der Waals surface area contributed by atoms with Crippen molar-refractivity contribution >= 4 is 6.03 Å². The maximum absolute atomic E-state index is 11.2. The van der Waals surface area contributed by atoms with Crippen LogP contribution >= 0.6 is 0 Å². The molecule has 0 radical (unpaired) electrons. The second-order valence-corrected chi connectivity index (χ2v) is 3.02. The molecule has 0 saturated heterocycles. The zero-order valence-electron chi connectivity index (χ0n) is 8.26. The summed E-state index contributed by atoms with van der Waals surface area (Å²) in [5.41, 5.74) is 0. The van der Waals surface area contributed by atoms with E-state index in [0.717, 1.165) is 0 Å². The highest BCUT2D eigenvalue weighted by molar-refractivity contribution is 5.74. The van der Waals surface area contributed by atoms with Crippen molar-refractivity contribution in [1.82, 2.24) is 10.2 Å². The zero-order valence-corrected chi connectivity index (χ0v) is 8.26. The van der Waals surface area contributed by atoms with E-state index in [1.165, 1.54) is 0 Å². The minimum absolute atomic E-state index is 0.0537. The van der Waals surface area contributed by atoms with E-state index in [-0.39, 0.29) is 12.1 Å². The van der Waals surface area contributed by atoms with Gasteiger partial charge in [-0.1, -0.05) is 0 Å². The molecule has 0 unspecified atom stereocenters. The lowest BCUT2D eigenvalue weighted by atomic mass is 10.4. The summed E-state index contributed by atoms with van der Waals surface area (Å²) >= 11 is 0. The van der Waals surface area contributed by atoms with Gasteiger partial charge in [-0.05, 0) is 13.8 Å². The van der Waals surface area contributed by atoms with E-state index in [1.54, 1.807) is 19.1 Å². The zero-order chi connectivity index (χ0) is 9.56. The Balaban J connectivity index is 3.61. The van der Waals surface area contributed by atoms with Gasteiger partial charge in [-0.2, -0.15) is 0 Å². The van der Waals surface area contributed by atoms with Crippen LogP contribution in [0.5, 0.6) is 0 Å². The molecule has 0 spiro atoms. The number of nitrogens with zero attached hydrogens (tertiary/aromatic N) is 1. The van der Waals surface area contributed by atoms with E-state index < -0.39 is 0 Å². The molecule has 0 heterocycles. The predicted octanol–water partition coefficient (Wildman–Crippen LogP) is 0.683. The Labute approximate surface area is 73.9 Å². The summed E-state index contributed by atoms with van der Waals surface area (Å²) in [5.74, 6) is 0. The Kier molecular flexibility index (Phi) is 5.45.